The summed E-state index contributed by atoms with van der Waals surface area (Å²) in [6.07, 6.45) is 1.67. The lowest BCUT2D eigenvalue weighted by atomic mass is 9.52. The molecule has 3 unspecified atom stereocenters. The van der Waals surface area contributed by atoms with E-state index in [1.807, 2.05) is 0 Å². The number of nitrogens with two attached hydrogens (primary N) is 2. The van der Waals surface area contributed by atoms with Crippen molar-refractivity contribution < 1.29 is 34.2 Å². The summed E-state index contributed by atoms with van der Waals surface area (Å²) in [5.41, 5.74) is 9.78. The molecule has 0 spiro atoms. The molecule has 0 radical (unpaired) electrons. The van der Waals surface area contributed by atoms with Crippen molar-refractivity contribution in [1.82, 2.24) is 9.88 Å². The average molecular weight is 507 g/mol. The minimum Gasteiger partial charge on any atom is -0.505 e. The number of carbonyl (C=O) groups is 5. The van der Waals surface area contributed by atoms with Gasteiger partial charge in [-0.05, 0) is 56.6 Å². The molecule has 37 heavy (non-hydrogen) atoms. The maximum Gasteiger partial charge on any atom is 0.235 e. The number of aliphatic hydroxyl groups is 1. The van der Waals surface area contributed by atoms with Crippen LogP contribution in [0.5, 0.6) is 5.75 Å². The van der Waals surface area contributed by atoms with Gasteiger partial charge in [0.1, 0.15) is 5.75 Å². The van der Waals surface area contributed by atoms with Gasteiger partial charge in [0.25, 0.3) is 0 Å². The summed E-state index contributed by atoms with van der Waals surface area (Å²) in [5, 5.41) is 22.4. The Balaban J connectivity index is 1.69. The summed E-state index contributed by atoms with van der Waals surface area (Å²) in [4.78, 5) is 71.9. The van der Waals surface area contributed by atoms with Crippen molar-refractivity contribution >= 4 is 34.7 Å². The second-order valence-corrected chi connectivity index (χ2v) is 10.2. The highest BCUT2D eigenvalue weighted by Gasteiger charge is 2.69. The van der Waals surface area contributed by atoms with E-state index in [1.54, 1.807) is 24.4 Å². The zero-order valence-corrected chi connectivity index (χ0v) is 20.2. The van der Waals surface area contributed by atoms with Crippen molar-refractivity contribution in [3.8, 4) is 17.0 Å². The summed E-state index contributed by atoms with van der Waals surface area (Å²) in [5.74, 6) is -11.1. The molecule has 1 heterocycles. The van der Waals surface area contributed by atoms with E-state index in [0.29, 0.717) is 16.8 Å². The zero-order chi connectivity index (χ0) is 27.0. The number of fused-ring (bicyclic) bond motifs is 3. The van der Waals surface area contributed by atoms with Gasteiger partial charge in [0, 0.05) is 17.7 Å². The maximum absolute atomic E-state index is 13.8. The number of nitrogen functional groups attached to an aromatic ring is 1. The molecule has 1 aromatic carbocycles. The number of hydrogen-bond donors (Lipinski definition) is 4. The lowest BCUT2D eigenvalue weighted by molar-refractivity contribution is -0.181. The van der Waals surface area contributed by atoms with Crippen molar-refractivity contribution in [3.05, 3.63) is 41.6 Å². The van der Waals surface area contributed by atoms with Crippen LogP contribution in [0.2, 0.25) is 0 Å². The van der Waals surface area contributed by atoms with E-state index in [2.05, 4.69) is 4.98 Å². The van der Waals surface area contributed by atoms with Gasteiger partial charge in [-0.25, -0.2) is 0 Å². The second kappa shape index (κ2) is 8.29. The van der Waals surface area contributed by atoms with Crippen LogP contribution in [0, 0.1) is 23.7 Å². The second-order valence-electron chi connectivity index (χ2n) is 10.2. The van der Waals surface area contributed by atoms with Gasteiger partial charge in [-0.15, -0.1) is 0 Å². The number of nitrogens with zero attached hydrogens (tertiary/aromatic N) is 2. The molecule has 11 heteroatoms. The maximum atomic E-state index is 13.8. The number of primary amides is 1. The molecule has 1 aromatic heterocycles. The molecule has 0 aliphatic heterocycles. The van der Waals surface area contributed by atoms with Gasteiger partial charge in [-0.2, -0.15) is 0 Å². The van der Waals surface area contributed by atoms with Crippen LogP contribution in [-0.2, 0) is 25.6 Å². The van der Waals surface area contributed by atoms with Crippen LogP contribution in [0.15, 0.2) is 30.5 Å². The summed E-state index contributed by atoms with van der Waals surface area (Å²) < 4.78 is 0. The molecule has 0 bridgehead atoms. The van der Waals surface area contributed by atoms with E-state index in [0.717, 1.165) is 0 Å². The van der Waals surface area contributed by atoms with E-state index in [-0.39, 0.29) is 24.1 Å². The molecule has 3 aliphatic carbocycles. The number of likely N-dealkylation sites (N-methyl/N-ethyl adjacent to an activating group) is 1. The zero-order valence-electron chi connectivity index (χ0n) is 20.2. The van der Waals surface area contributed by atoms with Gasteiger partial charge < -0.3 is 21.7 Å². The van der Waals surface area contributed by atoms with Crippen molar-refractivity contribution in [2.75, 3.05) is 19.8 Å². The third kappa shape index (κ3) is 3.27. The summed E-state index contributed by atoms with van der Waals surface area (Å²) in [7, 11) is 3.07. The SMILES string of the molecule is CN(C)C1C(=O)C(C(N)=O)C(=O)[C@@]2(O)C(=O)C3C(=O)c4c(O)c(N)cc(-c5ccccn5)c4C[C@H]3C[C@@H]12. The highest BCUT2D eigenvalue weighted by atomic mass is 16.3. The minimum atomic E-state index is -2.77. The van der Waals surface area contributed by atoms with Crippen LogP contribution in [0.3, 0.4) is 0 Å². The molecule has 2 fully saturated rings. The molecule has 1 amide bonds. The number of amides is 1. The van der Waals surface area contributed by atoms with Crippen LogP contribution < -0.4 is 11.5 Å². The number of pyridine rings is 1. The first-order valence-electron chi connectivity index (χ1n) is 11.8. The molecule has 11 nitrogen and oxygen atoms in total. The third-order valence-electron chi connectivity index (χ3n) is 8.03. The number of benzene rings is 1. The molecule has 0 saturated heterocycles. The number of Topliss-reactive ketones (excluding diaryl/α,β-unsaturated/α-hetero) is 4. The fourth-order valence-corrected chi connectivity index (χ4v) is 6.44. The Morgan fingerprint density at radius 1 is 1.16 bits per heavy atom. The van der Waals surface area contributed by atoms with Crippen molar-refractivity contribution in [3.63, 3.8) is 0 Å². The fourth-order valence-electron chi connectivity index (χ4n) is 6.44. The Morgan fingerprint density at radius 2 is 1.86 bits per heavy atom. The first-order valence-corrected chi connectivity index (χ1v) is 11.8. The van der Waals surface area contributed by atoms with Crippen LogP contribution in [0.1, 0.15) is 22.3 Å². The number of phenols is 1. The molecule has 2 saturated carbocycles. The fraction of sp³-hybridized carbons (Fsp3) is 0.385. The van der Waals surface area contributed by atoms with Gasteiger partial charge >= 0.3 is 0 Å². The Kier molecular flexibility index (Phi) is 5.54. The molecule has 6 atom stereocenters. The lowest BCUT2D eigenvalue weighted by Crippen LogP contribution is -2.74. The van der Waals surface area contributed by atoms with Crippen molar-refractivity contribution in [2.24, 2.45) is 29.4 Å². The van der Waals surface area contributed by atoms with E-state index < -0.39 is 70.1 Å². The molecular weight excluding hydrogens is 480 g/mol. The standard InChI is InChI=1S/C26H26N4O7/c1-30(2)19-13-8-10-7-12-11(15-5-3-4-6-29-15)9-14(27)20(31)17(12)21(32)16(10)23(34)26(13,37)24(35)18(22(19)33)25(28)36/h3-6,9-10,13,16,18-19,31,37H,7-8,27H2,1-2H3,(H2,28,36)/t10-,13-,16?,18?,19?,26-/m0/s1. The van der Waals surface area contributed by atoms with Crippen molar-refractivity contribution in [2.45, 2.75) is 24.5 Å². The van der Waals surface area contributed by atoms with Crippen molar-refractivity contribution in [1.29, 1.82) is 0 Å². The van der Waals surface area contributed by atoms with Crippen LogP contribution in [-0.4, -0.2) is 74.9 Å². The number of anilines is 1. The van der Waals surface area contributed by atoms with E-state index in [9.17, 15) is 34.2 Å². The first-order chi connectivity index (χ1) is 17.4. The van der Waals surface area contributed by atoms with E-state index >= 15 is 0 Å². The monoisotopic (exact) mass is 506 g/mol. The van der Waals surface area contributed by atoms with E-state index in [4.69, 9.17) is 11.5 Å². The highest BCUT2D eigenvalue weighted by Crippen LogP contribution is 2.52. The summed E-state index contributed by atoms with van der Waals surface area (Å²) in [6.45, 7) is 0. The Labute approximate surface area is 211 Å². The number of phenolic OH excluding ortho intramolecular Hbond substituents is 1. The van der Waals surface area contributed by atoms with Crippen LogP contribution in [0.4, 0.5) is 5.69 Å². The summed E-state index contributed by atoms with van der Waals surface area (Å²) >= 11 is 0. The number of rotatable bonds is 3. The quantitative estimate of drug-likeness (QED) is 0.240. The molecule has 2 aromatic rings. The molecule has 6 N–H and O–H groups in total. The number of aromatic nitrogens is 1. The molecule has 5 rings (SSSR count). The topological polar surface area (TPSA) is 194 Å². The largest absolute Gasteiger partial charge is 0.505 e. The third-order valence-corrected chi connectivity index (χ3v) is 8.03. The van der Waals surface area contributed by atoms with Gasteiger partial charge in [0.2, 0.25) is 5.91 Å². The number of carbonyl (C=O) groups excluding carboxylic acids is 5. The lowest BCUT2D eigenvalue weighted by Gasteiger charge is -2.52. The van der Waals surface area contributed by atoms with Crippen LogP contribution in [0.25, 0.3) is 11.3 Å². The first kappa shape index (κ1) is 24.7. The predicted molar refractivity (Wildman–Crippen MR) is 129 cm³/mol. The number of ketones is 4. The van der Waals surface area contributed by atoms with Gasteiger partial charge in [-0.1, -0.05) is 6.07 Å². The van der Waals surface area contributed by atoms with Gasteiger partial charge in [0.05, 0.1) is 28.9 Å². The molecule has 192 valence electrons. The minimum absolute atomic E-state index is 0.0311. The highest BCUT2D eigenvalue weighted by molar-refractivity contribution is 6.32. The Bertz CT molecular complexity index is 1390. The molecular formula is C26H26N4O7. The van der Waals surface area contributed by atoms with Crippen LogP contribution >= 0.6 is 0 Å². The molecule has 3 aliphatic rings. The van der Waals surface area contributed by atoms with Gasteiger partial charge in [-0.3, -0.25) is 33.9 Å². The average Bonchev–Trinajstić information content (AvgIpc) is 2.83. The number of aromatic hydroxyl groups is 1. The Hall–Kier alpha value is -3.96. The van der Waals surface area contributed by atoms with E-state index in [1.165, 1.54) is 25.1 Å². The predicted octanol–water partition coefficient (Wildman–Crippen LogP) is -0.489. The normalized spacial score (nSPS) is 31.1. The number of hydrogen-bond acceptors (Lipinski definition) is 10. The van der Waals surface area contributed by atoms with Gasteiger partial charge in [0.15, 0.2) is 34.7 Å². The Morgan fingerprint density at radius 3 is 2.46 bits per heavy atom. The summed E-state index contributed by atoms with van der Waals surface area (Å²) in [6, 6.07) is 5.55. The smallest absolute Gasteiger partial charge is 0.235 e.